The molecular weight excluding hydrogens is 455 g/mol. The monoisotopic (exact) mass is 470 g/mol. The second-order valence-corrected chi connectivity index (χ2v) is 7.91. The number of nitrogens with zero attached hydrogens (tertiary/aromatic N) is 3. The zero-order valence-corrected chi connectivity index (χ0v) is 18.0. The van der Waals surface area contributed by atoms with Gasteiger partial charge < -0.3 is 10.1 Å². The number of hydrogen-bond acceptors (Lipinski definition) is 9. The largest absolute Gasteiger partial charge is 0.464 e. The van der Waals surface area contributed by atoms with Crippen molar-refractivity contribution in [2.75, 3.05) is 18.5 Å². The zero-order chi connectivity index (χ0) is 21.7. The van der Waals surface area contributed by atoms with Gasteiger partial charge in [0.25, 0.3) is 0 Å². The van der Waals surface area contributed by atoms with Crippen LogP contribution in [0.4, 0.5) is 11.4 Å². The van der Waals surface area contributed by atoms with Gasteiger partial charge in [0.05, 0.1) is 15.0 Å². The lowest BCUT2D eigenvalue weighted by atomic mass is 10.2. The zero-order valence-electron chi connectivity index (χ0n) is 15.7. The fourth-order valence-electron chi connectivity index (χ4n) is 2.62. The summed E-state index contributed by atoms with van der Waals surface area (Å²) in [5, 5.41) is 22.9. The number of esters is 1. The minimum absolute atomic E-state index is 0.0151. The van der Waals surface area contributed by atoms with Crippen LogP contribution in [0.2, 0.25) is 10.0 Å². The average Bonchev–Trinajstić information content (AvgIpc) is 3.17. The molecule has 1 N–H and O–H groups in total. The van der Waals surface area contributed by atoms with Crippen molar-refractivity contribution >= 4 is 63.3 Å². The first-order chi connectivity index (χ1) is 14.4. The Kier molecular flexibility index (Phi) is 7.35. The predicted molar refractivity (Wildman–Crippen MR) is 113 cm³/mol. The van der Waals surface area contributed by atoms with Gasteiger partial charge in [0.1, 0.15) is 12.3 Å². The Labute approximate surface area is 185 Å². The number of nitro benzene ring substituents is 1. The number of fused-ring (bicyclic) bond motifs is 1. The molecule has 0 unspecified atom stereocenters. The molecule has 30 heavy (non-hydrogen) atoms. The van der Waals surface area contributed by atoms with Gasteiger partial charge in [-0.1, -0.05) is 48.0 Å². The van der Waals surface area contributed by atoms with Crippen molar-refractivity contribution in [1.82, 2.24) is 10.3 Å². The molecule has 0 saturated carbocycles. The Balaban J connectivity index is 1.92. The maximum Gasteiger partial charge on any atom is 0.323 e. The van der Waals surface area contributed by atoms with Crippen LogP contribution in [0.5, 0.6) is 0 Å². The molecule has 0 aliphatic rings. The second kappa shape index (κ2) is 9.96. The van der Waals surface area contributed by atoms with Crippen molar-refractivity contribution < 1.29 is 19.1 Å². The number of hydrogen-bond donors (Lipinski definition) is 1. The molecule has 0 aliphatic heterocycles. The van der Waals surface area contributed by atoms with Crippen molar-refractivity contribution in [3.8, 4) is 0 Å². The number of aromatic nitrogens is 2. The molecule has 0 saturated heterocycles. The van der Waals surface area contributed by atoms with Crippen LogP contribution < -0.4 is 5.32 Å². The van der Waals surface area contributed by atoms with E-state index in [9.17, 15) is 14.9 Å². The van der Waals surface area contributed by atoms with Crippen LogP contribution in [-0.4, -0.2) is 34.4 Å². The summed E-state index contributed by atoms with van der Waals surface area (Å²) in [5.41, 5.74) is 0.0856. The summed E-state index contributed by atoms with van der Waals surface area (Å²) in [6.07, 6.45) is 0.995. The minimum Gasteiger partial charge on any atom is -0.464 e. The van der Waals surface area contributed by atoms with Gasteiger partial charge in [-0.15, -0.1) is 0 Å². The molecule has 12 heteroatoms. The number of carbonyl (C=O) groups excluding carboxylic acids is 1. The maximum absolute atomic E-state index is 11.7. The van der Waals surface area contributed by atoms with Gasteiger partial charge in [-0.25, -0.2) is 4.63 Å². The van der Waals surface area contributed by atoms with Crippen LogP contribution in [0.3, 0.4) is 0 Å². The normalized spacial score (nSPS) is 10.9. The first-order valence-corrected chi connectivity index (χ1v) is 10.4. The topological polar surface area (TPSA) is 120 Å². The van der Waals surface area contributed by atoms with E-state index >= 15 is 0 Å². The quantitative estimate of drug-likeness (QED) is 0.191. The van der Waals surface area contributed by atoms with Gasteiger partial charge in [-0.2, -0.15) is 0 Å². The first kappa shape index (κ1) is 22.1. The minimum atomic E-state index is -0.575. The van der Waals surface area contributed by atoms with E-state index in [0.717, 1.165) is 0 Å². The Morgan fingerprint density at radius 2 is 2.00 bits per heavy atom. The van der Waals surface area contributed by atoms with E-state index in [1.807, 2.05) is 6.92 Å². The number of anilines is 1. The van der Waals surface area contributed by atoms with Gasteiger partial charge in [0.2, 0.25) is 5.52 Å². The van der Waals surface area contributed by atoms with Crippen LogP contribution in [-0.2, 0) is 9.53 Å². The third kappa shape index (κ3) is 4.94. The lowest BCUT2D eigenvalue weighted by molar-refractivity contribution is -0.382. The third-order valence-electron chi connectivity index (χ3n) is 3.92. The molecule has 3 aromatic rings. The van der Waals surface area contributed by atoms with Crippen molar-refractivity contribution in [2.45, 2.75) is 29.6 Å². The standard InChI is InChI=1S/C18H16Cl2N4O5S/c1-2-4-14(25)28-8-7-21-12-9-13(30-18-10(19)5-3-6-11(18)20)15-16(23-29-22-15)17(12)24(26)27/h3,5-6,9,21H,2,4,7-8H2,1H3. The van der Waals surface area contributed by atoms with Crippen molar-refractivity contribution in [1.29, 1.82) is 0 Å². The number of nitro groups is 1. The molecule has 0 radical (unpaired) electrons. The number of benzene rings is 2. The van der Waals surface area contributed by atoms with Crippen LogP contribution in [0, 0.1) is 10.1 Å². The summed E-state index contributed by atoms with van der Waals surface area (Å²) < 4.78 is 9.83. The highest BCUT2D eigenvalue weighted by molar-refractivity contribution is 7.99. The molecule has 0 fully saturated rings. The number of halogens is 2. The summed E-state index contributed by atoms with van der Waals surface area (Å²) >= 11 is 13.7. The van der Waals surface area contributed by atoms with E-state index in [0.29, 0.717) is 32.7 Å². The Morgan fingerprint density at radius 1 is 1.30 bits per heavy atom. The number of nitrogens with one attached hydrogen (secondary N) is 1. The fraction of sp³-hybridized carbons (Fsp3) is 0.278. The van der Waals surface area contributed by atoms with Crippen molar-refractivity contribution in [3.63, 3.8) is 0 Å². The Hall–Kier alpha value is -2.56. The lowest BCUT2D eigenvalue weighted by Gasteiger charge is -2.11. The molecule has 0 aliphatic carbocycles. The molecule has 3 rings (SSSR count). The Bertz CT molecular complexity index is 1070. The van der Waals surface area contributed by atoms with Gasteiger partial charge >= 0.3 is 11.7 Å². The predicted octanol–water partition coefficient (Wildman–Crippen LogP) is 5.34. The van der Waals surface area contributed by atoms with E-state index in [-0.39, 0.29) is 41.5 Å². The molecule has 0 amide bonds. The van der Waals surface area contributed by atoms with Crippen LogP contribution in [0.1, 0.15) is 19.8 Å². The second-order valence-electron chi connectivity index (χ2n) is 6.04. The average molecular weight is 471 g/mol. The lowest BCUT2D eigenvalue weighted by Crippen LogP contribution is -2.14. The molecule has 158 valence electrons. The smallest absolute Gasteiger partial charge is 0.323 e. The summed E-state index contributed by atoms with van der Waals surface area (Å²) in [7, 11) is 0. The van der Waals surface area contributed by atoms with Crippen molar-refractivity contribution in [2.24, 2.45) is 0 Å². The summed E-state index contributed by atoms with van der Waals surface area (Å²) in [5.74, 6) is -0.324. The number of rotatable bonds is 9. The third-order valence-corrected chi connectivity index (χ3v) is 5.95. The first-order valence-electron chi connectivity index (χ1n) is 8.87. The van der Waals surface area contributed by atoms with Gasteiger partial charge in [-0.3, -0.25) is 14.9 Å². The molecule has 0 atom stereocenters. The molecular formula is C18H16Cl2N4O5S. The van der Waals surface area contributed by atoms with E-state index in [1.165, 1.54) is 11.8 Å². The van der Waals surface area contributed by atoms with Crippen LogP contribution in [0.15, 0.2) is 38.7 Å². The molecule has 9 nitrogen and oxygen atoms in total. The Morgan fingerprint density at radius 3 is 2.67 bits per heavy atom. The fourth-order valence-corrected chi connectivity index (χ4v) is 4.20. The highest BCUT2D eigenvalue weighted by Gasteiger charge is 2.26. The van der Waals surface area contributed by atoms with Gasteiger partial charge in [0.15, 0.2) is 5.52 Å². The van der Waals surface area contributed by atoms with E-state index in [1.54, 1.807) is 24.3 Å². The van der Waals surface area contributed by atoms with E-state index in [4.69, 9.17) is 32.6 Å². The number of carbonyl (C=O) groups is 1. The SMILES string of the molecule is CCCC(=O)OCCNc1cc(Sc2c(Cl)cccc2Cl)c2nonc2c1[N+](=O)[O-]. The van der Waals surface area contributed by atoms with Gasteiger partial charge in [-0.05, 0) is 34.9 Å². The highest BCUT2D eigenvalue weighted by Crippen LogP contribution is 2.44. The van der Waals surface area contributed by atoms with Crippen LogP contribution >= 0.6 is 35.0 Å². The van der Waals surface area contributed by atoms with Gasteiger partial charge in [0, 0.05) is 22.8 Å². The molecule has 2 aromatic carbocycles. The molecule has 1 aromatic heterocycles. The molecule has 0 spiro atoms. The summed E-state index contributed by atoms with van der Waals surface area (Å²) in [4.78, 5) is 23.6. The maximum atomic E-state index is 11.7. The van der Waals surface area contributed by atoms with Crippen LogP contribution in [0.25, 0.3) is 11.0 Å². The highest BCUT2D eigenvalue weighted by atomic mass is 35.5. The molecule has 1 heterocycles. The summed E-state index contributed by atoms with van der Waals surface area (Å²) in [6.45, 7) is 2.10. The molecule has 0 bridgehead atoms. The van der Waals surface area contributed by atoms with Crippen molar-refractivity contribution in [3.05, 3.63) is 44.4 Å². The van der Waals surface area contributed by atoms with E-state index < -0.39 is 4.92 Å². The van der Waals surface area contributed by atoms with E-state index in [2.05, 4.69) is 15.6 Å². The summed E-state index contributed by atoms with van der Waals surface area (Å²) in [6, 6.07) is 6.62. The number of ether oxygens (including phenoxy) is 1.